The first-order valence-electron chi connectivity index (χ1n) is 6.99. The van der Waals surface area contributed by atoms with Gasteiger partial charge < -0.3 is 10.1 Å². The van der Waals surface area contributed by atoms with E-state index in [1.807, 2.05) is 24.3 Å². The van der Waals surface area contributed by atoms with Crippen LogP contribution in [0.3, 0.4) is 0 Å². The van der Waals surface area contributed by atoms with Crippen LogP contribution in [0.4, 0.5) is 0 Å². The molecule has 0 heterocycles. The van der Waals surface area contributed by atoms with Crippen LogP contribution in [0.15, 0.2) is 46.9 Å². The number of hydrogen-bond acceptors (Lipinski definition) is 2. The van der Waals surface area contributed by atoms with E-state index in [2.05, 4.69) is 53.3 Å². The number of benzene rings is 2. The zero-order valence-electron chi connectivity index (χ0n) is 11.9. The number of halogens is 1. The Kier molecular flexibility index (Phi) is 5.62. The van der Waals surface area contributed by atoms with Gasteiger partial charge in [0.2, 0.25) is 0 Å². The molecular formula is C17H20BrNO. The van der Waals surface area contributed by atoms with Crippen molar-refractivity contribution in [1.82, 2.24) is 5.32 Å². The van der Waals surface area contributed by atoms with Crippen molar-refractivity contribution in [2.45, 2.75) is 26.8 Å². The minimum atomic E-state index is 0.848. The van der Waals surface area contributed by atoms with Crippen molar-refractivity contribution in [3.8, 4) is 11.5 Å². The Bertz CT molecular complexity index is 551. The lowest BCUT2D eigenvalue weighted by Gasteiger charge is -2.10. The smallest absolute Gasteiger partial charge is 0.128 e. The molecule has 0 aromatic heterocycles. The van der Waals surface area contributed by atoms with E-state index in [9.17, 15) is 0 Å². The molecule has 0 aliphatic heterocycles. The molecule has 0 saturated heterocycles. The summed E-state index contributed by atoms with van der Waals surface area (Å²) in [5.41, 5.74) is 2.56. The first-order valence-corrected chi connectivity index (χ1v) is 7.78. The Morgan fingerprint density at radius 1 is 1.00 bits per heavy atom. The molecule has 2 aromatic carbocycles. The van der Waals surface area contributed by atoms with Crippen molar-refractivity contribution in [1.29, 1.82) is 0 Å². The summed E-state index contributed by atoms with van der Waals surface area (Å²) in [5.74, 6) is 1.72. The molecule has 0 unspecified atom stereocenters. The Morgan fingerprint density at radius 2 is 1.70 bits per heavy atom. The van der Waals surface area contributed by atoms with Crippen molar-refractivity contribution < 1.29 is 4.74 Å². The fourth-order valence-corrected chi connectivity index (χ4v) is 2.42. The van der Waals surface area contributed by atoms with Gasteiger partial charge in [0.1, 0.15) is 11.5 Å². The predicted molar refractivity (Wildman–Crippen MR) is 87.4 cm³/mol. The first-order chi connectivity index (χ1) is 9.72. The molecule has 0 radical (unpaired) electrons. The molecule has 2 rings (SSSR count). The Labute approximate surface area is 129 Å². The number of aryl methyl sites for hydroxylation is 1. The fraction of sp³-hybridized carbons (Fsp3) is 0.294. The highest BCUT2D eigenvalue weighted by atomic mass is 79.9. The second kappa shape index (κ2) is 7.46. The summed E-state index contributed by atoms with van der Waals surface area (Å²) < 4.78 is 6.94. The zero-order valence-corrected chi connectivity index (χ0v) is 13.5. The maximum Gasteiger partial charge on any atom is 0.128 e. The molecule has 0 aliphatic carbocycles. The van der Waals surface area contributed by atoms with Gasteiger partial charge in [-0.1, -0.05) is 48.0 Å². The monoisotopic (exact) mass is 333 g/mol. The van der Waals surface area contributed by atoms with Gasteiger partial charge in [-0.05, 0) is 48.4 Å². The van der Waals surface area contributed by atoms with Crippen LogP contribution in [0.5, 0.6) is 11.5 Å². The Balaban J connectivity index is 2.07. The number of hydrogen-bond donors (Lipinski definition) is 1. The third-order valence-corrected chi connectivity index (χ3v) is 3.90. The van der Waals surface area contributed by atoms with Gasteiger partial charge in [-0.15, -0.1) is 0 Å². The zero-order chi connectivity index (χ0) is 14.4. The maximum atomic E-state index is 5.87. The summed E-state index contributed by atoms with van der Waals surface area (Å²) >= 11 is 3.59. The molecule has 0 saturated carbocycles. The van der Waals surface area contributed by atoms with Crippen LogP contribution in [0.25, 0.3) is 0 Å². The van der Waals surface area contributed by atoms with Crippen LogP contribution in [-0.4, -0.2) is 6.54 Å². The predicted octanol–water partition coefficient (Wildman–Crippen LogP) is 4.91. The van der Waals surface area contributed by atoms with Crippen LogP contribution >= 0.6 is 15.9 Å². The summed E-state index contributed by atoms with van der Waals surface area (Å²) in [6, 6.07) is 14.3. The molecule has 2 aromatic rings. The molecule has 20 heavy (non-hydrogen) atoms. The molecule has 0 spiro atoms. The van der Waals surface area contributed by atoms with Crippen LogP contribution in [0.2, 0.25) is 0 Å². The topological polar surface area (TPSA) is 21.3 Å². The van der Waals surface area contributed by atoms with Crippen LogP contribution in [0.1, 0.15) is 25.0 Å². The van der Waals surface area contributed by atoms with Crippen molar-refractivity contribution in [2.75, 3.05) is 6.54 Å². The van der Waals surface area contributed by atoms with Gasteiger partial charge in [-0.2, -0.15) is 0 Å². The van der Waals surface area contributed by atoms with E-state index >= 15 is 0 Å². The molecule has 106 valence electrons. The van der Waals surface area contributed by atoms with Gasteiger partial charge in [-0.3, -0.25) is 0 Å². The second-order valence-corrected chi connectivity index (χ2v) is 5.49. The third kappa shape index (κ3) is 4.09. The average Bonchev–Trinajstić information content (AvgIpc) is 2.47. The molecule has 0 bridgehead atoms. The van der Waals surface area contributed by atoms with Crippen LogP contribution in [0, 0.1) is 0 Å². The molecule has 0 amide bonds. The summed E-state index contributed by atoms with van der Waals surface area (Å²) in [4.78, 5) is 0. The van der Waals surface area contributed by atoms with E-state index in [0.29, 0.717) is 0 Å². The largest absolute Gasteiger partial charge is 0.457 e. The summed E-state index contributed by atoms with van der Waals surface area (Å²) in [6.07, 6.45) is 1.05. The van der Waals surface area contributed by atoms with E-state index in [0.717, 1.165) is 35.5 Å². The molecule has 2 nitrogen and oxygen atoms in total. The van der Waals surface area contributed by atoms with Crippen molar-refractivity contribution in [3.05, 3.63) is 58.1 Å². The summed E-state index contributed by atoms with van der Waals surface area (Å²) in [7, 11) is 0. The highest BCUT2D eigenvalue weighted by molar-refractivity contribution is 9.10. The highest BCUT2D eigenvalue weighted by Crippen LogP contribution is 2.27. The lowest BCUT2D eigenvalue weighted by atomic mass is 10.2. The van der Waals surface area contributed by atoms with E-state index in [4.69, 9.17) is 4.74 Å². The van der Waals surface area contributed by atoms with E-state index in [1.165, 1.54) is 11.1 Å². The minimum absolute atomic E-state index is 0.848. The van der Waals surface area contributed by atoms with Crippen molar-refractivity contribution in [3.63, 3.8) is 0 Å². The summed E-state index contributed by atoms with van der Waals surface area (Å²) in [6.45, 7) is 6.08. The van der Waals surface area contributed by atoms with Gasteiger partial charge in [0, 0.05) is 11.0 Å². The molecule has 0 atom stereocenters. The fourth-order valence-electron chi connectivity index (χ4n) is 1.92. The third-order valence-electron chi connectivity index (χ3n) is 3.16. The number of ether oxygens (including phenoxy) is 1. The number of nitrogens with one attached hydrogen (secondary N) is 1. The van der Waals surface area contributed by atoms with Gasteiger partial charge in [-0.25, -0.2) is 0 Å². The van der Waals surface area contributed by atoms with Crippen LogP contribution < -0.4 is 10.1 Å². The lowest BCUT2D eigenvalue weighted by molar-refractivity contribution is 0.481. The van der Waals surface area contributed by atoms with Gasteiger partial charge in [0.25, 0.3) is 0 Å². The number of rotatable bonds is 6. The van der Waals surface area contributed by atoms with Gasteiger partial charge in [0.15, 0.2) is 0 Å². The molecule has 1 N–H and O–H groups in total. The SMILES string of the molecule is CCNCc1ccc(Oc2ccc(CC)cc2)cc1Br. The molecule has 3 heteroatoms. The van der Waals surface area contributed by atoms with Gasteiger partial charge >= 0.3 is 0 Å². The van der Waals surface area contributed by atoms with Crippen molar-refractivity contribution in [2.24, 2.45) is 0 Å². The van der Waals surface area contributed by atoms with E-state index in [-0.39, 0.29) is 0 Å². The van der Waals surface area contributed by atoms with E-state index < -0.39 is 0 Å². The average molecular weight is 334 g/mol. The van der Waals surface area contributed by atoms with Crippen molar-refractivity contribution >= 4 is 15.9 Å². The summed E-state index contributed by atoms with van der Waals surface area (Å²) in [5, 5.41) is 3.32. The van der Waals surface area contributed by atoms with Crippen LogP contribution in [-0.2, 0) is 13.0 Å². The molecular weight excluding hydrogens is 314 g/mol. The normalized spacial score (nSPS) is 10.6. The molecule has 0 fully saturated rings. The first kappa shape index (κ1) is 15.1. The standard InChI is InChI=1S/C17H20BrNO/c1-3-13-5-8-15(9-6-13)20-16-10-7-14(12-19-4-2)17(18)11-16/h5-11,19H,3-4,12H2,1-2H3. The Hall–Kier alpha value is -1.32. The minimum Gasteiger partial charge on any atom is -0.457 e. The van der Waals surface area contributed by atoms with E-state index in [1.54, 1.807) is 0 Å². The second-order valence-electron chi connectivity index (χ2n) is 4.63. The Morgan fingerprint density at radius 3 is 2.30 bits per heavy atom. The highest BCUT2D eigenvalue weighted by Gasteiger charge is 2.03. The lowest BCUT2D eigenvalue weighted by Crippen LogP contribution is -2.11. The maximum absolute atomic E-state index is 5.87. The van der Waals surface area contributed by atoms with Gasteiger partial charge in [0.05, 0.1) is 0 Å². The molecule has 0 aliphatic rings. The quantitative estimate of drug-likeness (QED) is 0.810.